The van der Waals surface area contributed by atoms with E-state index in [9.17, 15) is 0 Å². The highest BCUT2D eigenvalue weighted by molar-refractivity contribution is 6.28. The van der Waals surface area contributed by atoms with Crippen molar-refractivity contribution in [1.29, 1.82) is 0 Å². The van der Waals surface area contributed by atoms with Crippen LogP contribution in [-0.2, 0) is 0 Å². The number of hydrogen-bond donors (Lipinski definition) is 2. The third-order valence-corrected chi connectivity index (χ3v) is 2.63. The fraction of sp³-hybridized carbons (Fsp3) is 0.750. The number of nitrogens with one attached hydrogen (secondary N) is 2. The summed E-state index contributed by atoms with van der Waals surface area (Å²) in [6.07, 6.45) is 3.22. The summed E-state index contributed by atoms with van der Waals surface area (Å²) in [4.78, 5) is 14.5. The SMILES string of the molecule is CCCNc1nc(Cl)nc(NCCCCN(C)C)n1. The van der Waals surface area contributed by atoms with Crippen LogP contribution >= 0.6 is 11.6 Å². The minimum Gasteiger partial charge on any atom is -0.354 e. The molecule has 0 saturated carbocycles. The highest BCUT2D eigenvalue weighted by Gasteiger charge is 2.03. The first-order valence-electron chi connectivity index (χ1n) is 6.66. The van der Waals surface area contributed by atoms with Gasteiger partial charge in [-0.1, -0.05) is 6.92 Å². The van der Waals surface area contributed by atoms with Gasteiger partial charge in [-0.15, -0.1) is 0 Å². The molecule has 108 valence electrons. The summed E-state index contributed by atoms with van der Waals surface area (Å²) in [6, 6.07) is 0. The van der Waals surface area contributed by atoms with Crippen molar-refractivity contribution < 1.29 is 0 Å². The molecular formula is C12H23ClN6. The molecule has 0 aromatic carbocycles. The standard InChI is InChI=1S/C12H23ClN6/c1-4-7-14-11-16-10(13)17-12(18-11)15-8-5-6-9-19(2)3/h4-9H2,1-3H3,(H2,14,15,16,17,18). The van der Waals surface area contributed by atoms with Crippen molar-refractivity contribution in [3.63, 3.8) is 0 Å². The van der Waals surface area contributed by atoms with Gasteiger partial charge in [0.05, 0.1) is 0 Å². The third-order valence-electron chi connectivity index (χ3n) is 2.46. The Kier molecular flexibility index (Phi) is 7.43. The molecule has 0 atom stereocenters. The van der Waals surface area contributed by atoms with Crippen LogP contribution < -0.4 is 10.6 Å². The molecule has 0 amide bonds. The van der Waals surface area contributed by atoms with E-state index in [0.29, 0.717) is 11.9 Å². The van der Waals surface area contributed by atoms with Crippen LogP contribution in [0.3, 0.4) is 0 Å². The van der Waals surface area contributed by atoms with E-state index in [2.05, 4.69) is 51.5 Å². The molecule has 0 fully saturated rings. The van der Waals surface area contributed by atoms with E-state index < -0.39 is 0 Å². The number of hydrogen-bond acceptors (Lipinski definition) is 6. The quantitative estimate of drug-likeness (QED) is 0.678. The molecule has 0 radical (unpaired) electrons. The Labute approximate surface area is 120 Å². The van der Waals surface area contributed by atoms with Gasteiger partial charge in [-0.3, -0.25) is 0 Å². The van der Waals surface area contributed by atoms with E-state index in [0.717, 1.165) is 38.9 Å². The molecule has 0 unspecified atom stereocenters. The number of halogens is 1. The first kappa shape index (κ1) is 15.9. The molecule has 0 bridgehead atoms. The van der Waals surface area contributed by atoms with Gasteiger partial charge in [-0.25, -0.2) is 0 Å². The lowest BCUT2D eigenvalue weighted by Crippen LogP contribution is -2.15. The molecule has 1 aromatic heterocycles. The molecule has 7 heteroatoms. The Morgan fingerprint density at radius 3 is 2.21 bits per heavy atom. The van der Waals surface area contributed by atoms with Gasteiger partial charge in [0.2, 0.25) is 17.2 Å². The molecule has 2 N–H and O–H groups in total. The van der Waals surface area contributed by atoms with Crippen molar-refractivity contribution in [1.82, 2.24) is 19.9 Å². The van der Waals surface area contributed by atoms with Crippen molar-refractivity contribution in [2.75, 3.05) is 44.4 Å². The van der Waals surface area contributed by atoms with Crippen molar-refractivity contribution in [3.05, 3.63) is 5.28 Å². The molecular weight excluding hydrogens is 264 g/mol. The van der Waals surface area contributed by atoms with Gasteiger partial charge < -0.3 is 15.5 Å². The summed E-state index contributed by atoms with van der Waals surface area (Å²) in [5.41, 5.74) is 0. The monoisotopic (exact) mass is 286 g/mol. The van der Waals surface area contributed by atoms with Crippen molar-refractivity contribution in [2.45, 2.75) is 26.2 Å². The van der Waals surface area contributed by atoms with Crippen LogP contribution in [0, 0.1) is 0 Å². The average Bonchev–Trinajstić information content (AvgIpc) is 2.35. The van der Waals surface area contributed by atoms with E-state index in [1.807, 2.05) is 0 Å². The Morgan fingerprint density at radius 1 is 1.00 bits per heavy atom. The zero-order valence-electron chi connectivity index (χ0n) is 11.9. The Hall–Kier alpha value is -1.14. The second-order valence-corrected chi connectivity index (χ2v) is 4.95. The zero-order chi connectivity index (χ0) is 14.1. The van der Waals surface area contributed by atoms with Gasteiger partial charge in [0.25, 0.3) is 0 Å². The van der Waals surface area contributed by atoms with Crippen LogP contribution in [0.4, 0.5) is 11.9 Å². The maximum atomic E-state index is 5.86. The first-order chi connectivity index (χ1) is 9.11. The number of aromatic nitrogens is 3. The highest BCUT2D eigenvalue weighted by atomic mass is 35.5. The minimum atomic E-state index is 0.212. The van der Waals surface area contributed by atoms with E-state index in [1.54, 1.807) is 0 Å². The molecule has 0 spiro atoms. The number of rotatable bonds is 9. The number of nitrogens with zero attached hydrogens (tertiary/aromatic N) is 4. The Balaban J connectivity index is 2.38. The fourth-order valence-electron chi connectivity index (χ4n) is 1.50. The maximum absolute atomic E-state index is 5.86. The smallest absolute Gasteiger partial charge is 0.228 e. The lowest BCUT2D eigenvalue weighted by Gasteiger charge is -2.10. The van der Waals surface area contributed by atoms with E-state index in [1.165, 1.54) is 0 Å². The van der Waals surface area contributed by atoms with Crippen LogP contribution in [0.2, 0.25) is 5.28 Å². The topological polar surface area (TPSA) is 66.0 Å². The second-order valence-electron chi connectivity index (χ2n) is 4.62. The molecule has 0 aliphatic carbocycles. The molecule has 19 heavy (non-hydrogen) atoms. The number of unbranched alkanes of at least 4 members (excludes halogenated alkanes) is 1. The number of anilines is 2. The fourth-order valence-corrected chi connectivity index (χ4v) is 1.66. The lowest BCUT2D eigenvalue weighted by atomic mass is 10.3. The normalized spacial score (nSPS) is 10.8. The van der Waals surface area contributed by atoms with Crippen molar-refractivity contribution >= 4 is 23.5 Å². The first-order valence-corrected chi connectivity index (χ1v) is 7.03. The lowest BCUT2D eigenvalue weighted by molar-refractivity contribution is 0.396. The van der Waals surface area contributed by atoms with Crippen LogP contribution in [0.15, 0.2) is 0 Å². The van der Waals surface area contributed by atoms with Crippen LogP contribution in [-0.4, -0.2) is 53.6 Å². The van der Waals surface area contributed by atoms with E-state index >= 15 is 0 Å². The predicted octanol–water partition coefficient (Wildman–Crippen LogP) is 2.10. The highest BCUT2D eigenvalue weighted by Crippen LogP contribution is 2.09. The molecule has 0 aliphatic rings. The summed E-state index contributed by atoms with van der Waals surface area (Å²) in [5, 5.41) is 6.48. The van der Waals surface area contributed by atoms with Gasteiger partial charge in [0, 0.05) is 13.1 Å². The molecule has 1 heterocycles. The summed E-state index contributed by atoms with van der Waals surface area (Å²) in [6.45, 7) is 4.83. The molecule has 0 aliphatic heterocycles. The van der Waals surface area contributed by atoms with Crippen LogP contribution in [0.25, 0.3) is 0 Å². The van der Waals surface area contributed by atoms with Gasteiger partial charge in [0.1, 0.15) is 0 Å². The summed E-state index contributed by atoms with van der Waals surface area (Å²) in [7, 11) is 4.15. The maximum Gasteiger partial charge on any atom is 0.228 e. The Bertz CT molecular complexity index is 371. The summed E-state index contributed by atoms with van der Waals surface area (Å²) < 4.78 is 0. The largest absolute Gasteiger partial charge is 0.354 e. The Morgan fingerprint density at radius 2 is 1.63 bits per heavy atom. The summed E-state index contributed by atoms with van der Waals surface area (Å²) in [5.74, 6) is 1.06. The van der Waals surface area contributed by atoms with Gasteiger partial charge in [-0.2, -0.15) is 15.0 Å². The van der Waals surface area contributed by atoms with Crippen molar-refractivity contribution in [2.24, 2.45) is 0 Å². The van der Waals surface area contributed by atoms with Crippen molar-refractivity contribution in [3.8, 4) is 0 Å². The van der Waals surface area contributed by atoms with Gasteiger partial charge >= 0.3 is 0 Å². The third kappa shape index (κ3) is 7.12. The molecule has 1 aromatic rings. The van der Waals surface area contributed by atoms with Crippen LogP contribution in [0.1, 0.15) is 26.2 Å². The minimum absolute atomic E-state index is 0.212. The van der Waals surface area contributed by atoms with Gasteiger partial charge in [-0.05, 0) is 51.5 Å². The second kappa shape index (κ2) is 8.87. The average molecular weight is 287 g/mol. The molecule has 0 saturated heterocycles. The summed E-state index contributed by atoms with van der Waals surface area (Å²) >= 11 is 5.86. The molecule has 6 nitrogen and oxygen atoms in total. The van der Waals surface area contributed by atoms with E-state index in [-0.39, 0.29) is 5.28 Å². The molecule has 1 rings (SSSR count). The predicted molar refractivity (Wildman–Crippen MR) is 79.9 cm³/mol. The van der Waals surface area contributed by atoms with E-state index in [4.69, 9.17) is 11.6 Å². The van der Waals surface area contributed by atoms with Crippen LogP contribution in [0.5, 0.6) is 0 Å². The van der Waals surface area contributed by atoms with Gasteiger partial charge in [0.15, 0.2) is 0 Å². The zero-order valence-corrected chi connectivity index (χ0v) is 12.7.